The van der Waals surface area contributed by atoms with Crippen molar-refractivity contribution >= 4 is 51.8 Å². The number of fused-ring (bicyclic) bond motifs is 1. The summed E-state index contributed by atoms with van der Waals surface area (Å²) in [6.45, 7) is 9.02. The van der Waals surface area contributed by atoms with Gasteiger partial charge < -0.3 is 34.9 Å². The van der Waals surface area contributed by atoms with Crippen molar-refractivity contribution in [1.29, 1.82) is 0 Å². The molecule has 5 amide bonds. The number of carbonyl (C=O) groups excluding carboxylic acids is 6. The van der Waals surface area contributed by atoms with Crippen LogP contribution in [0.2, 0.25) is 0 Å². The largest absolute Gasteiger partial charge is 0.467 e. The molecular formula is C47H63FN6O12S. The fraction of sp³-hybridized carbons (Fsp3) is 0.574. The van der Waals surface area contributed by atoms with E-state index in [2.05, 4.69) is 27.3 Å². The van der Waals surface area contributed by atoms with Crippen LogP contribution in [-0.4, -0.2) is 110 Å². The van der Waals surface area contributed by atoms with Gasteiger partial charge in [-0.3, -0.25) is 19.4 Å². The van der Waals surface area contributed by atoms with Crippen LogP contribution in [0.3, 0.4) is 0 Å². The van der Waals surface area contributed by atoms with E-state index in [1.807, 2.05) is 0 Å². The molecule has 6 rings (SSSR count). The van der Waals surface area contributed by atoms with E-state index < -0.39 is 87.1 Å². The number of anilines is 1. The molecule has 1 unspecified atom stereocenters. The number of alkyl carbamates (subject to hydrolysis) is 1. The first-order valence-corrected chi connectivity index (χ1v) is 24.4. The summed E-state index contributed by atoms with van der Waals surface area (Å²) in [5.74, 6) is -3.42. The van der Waals surface area contributed by atoms with Gasteiger partial charge in [0.15, 0.2) is 0 Å². The van der Waals surface area contributed by atoms with Gasteiger partial charge in [-0.2, -0.15) is 0 Å². The normalized spacial score (nSPS) is 21.7. The zero-order valence-electron chi connectivity index (χ0n) is 38.6. The minimum atomic E-state index is -4.50. The highest BCUT2D eigenvalue weighted by Crippen LogP contribution is 2.45. The highest BCUT2D eigenvalue weighted by atomic mass is 32.2. The Balaban J connectivity index is 1.01. The Bertz CT molecular complexity index is 2280. The van der Waals surface area contributed by atoms with Gasteiger partial charge in [0.05, 0.1) is 25.9 Å². The molecule has 2 aliphatic heterocycles. The molecule has 4 N–H and O–H groups in total. The van der Waals surface area contributed by atoms with E-state index in [0.717, 1.165) is 49.8 Å². The number of halogens is 1. The summed E-state index contributed by atoms with van der Waals surface area (Å²) in [6, 6.07) is 8.60. The maximum Gasteiger partial charge on any atom is 0.411 e. The number of nitrogens with zero attached hydrogens (tertiary/aromatic N) is 2. The Morgan fingerprint density at radius 1 is 0.925 bits per heavy atom. The van der Waals surface area contributed by atoms with Crippen molar-refractivity contribution in [2.75, 3.05) is 25.5 Å². The summed E-state index contributed by atoms with van der Waals surface area (Å²) >= 11 is 0. The van der Waals surface area contributed by atoms with Gasteiger partial charge in [-0.05, 0) is 89.5 Å². The number of ether oxygens (including phenoxy) is 4. The lowest BCUT2D eigenvalue weighted by Crippen LogP contribution is -2.56. The van der Waals surface area contributed by atoms with E-state index in [0.29, 0.717) is 36.9 Å². The Morgan fingerprint density at radius 3 is 2.33 bits per heavy atom. The van der Waals surface area contributed by atoms with E-state index in [1.54, 1.807) is 45.0 Å². The lowest BCUT2D eigenvalue weighted by molar-refractivity contribution is -0.143. The summed E-state index contributed by atoms with van der Waals surface area (Å²) in [7, 11) is -3.23. The van der Waals surface area contributed by atoms with Gasteiger partial charge in [0.2, 0.25) is 5.91 Å². The van der Waals surface area contributed by atoms with Crippen molar-refractivity contribution < 1.29 is 60.5 Å². The minimum absolute atomic E-state index is 0.0125. The van der Waals surface area contributed by atoms with Crippen LogP contribution in [0.5, 0.6) is 0 Å². The van der Waals surface area contributed by atoms with Gasteiger partial charge in [0, 0.05) is 31.0 Å². The van der Waals surface area contributed by atoms with E-state index in [-0.39, 0.29) is 49.2 Å². The van der Waals surface area contributed by atoms with Crippen molar-refractivity contribution in [1.82, 2.24) is 25.2 Å². The Labute approximate surface area is 391 Å². The molecule has 20 heteroatoms. The number of esters is 1. The molecule has 366 valence electrons. The average Bonchev–Trinajstić information content (AvgIpc) is 3.68. The number of para-hydroxylation sites is 1. The third kappa shape index (κ3) is 13.0. The first kappa shape index (κ1) is 50.5. The molecule has 0 radical (unpaired) electrons. The van der Waals surface area contributed by atoms with Crippen molar-refractivity contribution in [3.8, 4) is 0 Å². The molecule has 3 fully saturated rings. The predicted octanol–water partition coefficient (Wildman–Crippen LogP) is 6.18. The third-order valence-electron chi connectivity index (χ3n) is 12.4. The van der Waals surface area contributed by atoms with Crippen LogP contribution < -0.4 is 20.7 Å². The summed E-state index contributed by atoms with van der Waals surface area (Å²) in [6.07, 6.45) is 5.71. The lowest BCUT2D eigenvalue weighted by Gasteiger charge is -2.29. The summed E-state index contributed by atoms with van der Waals surface area (Å²) in [4.78, 5) is 81.7. The molecule has 0 aromatic heterocycles. The molecule has 2 aromatic rings. The summed E-state index contributed by atoms with van der Waals surface area (Å²) in [5.41, 5.74) is -1.40. The van der Waals surface area contributed by atoms with Crippen LogP contribution in [0.4, 0.5) is 24.5 Å². The molecule has 18 nitrogen and oxygen atoms in total. The van der Waals surface area contributed by atoms with E-state index in [1.165, 1.54) is 36.3 Å². The maximum absolute atomic E-state index is 14.4. The van der Waals surface area contributed by atoms with Crippen LogP contribution in [0, 0.1) is 11.7 Å². The van der Waals surface area contributed by atoms with Gasteiger partial charge in [0.25, 0.3) is 15.9 Å². The molecule has 2 heterocycles. The molecule has 2 aromatic carbocycles. The Hall–Kier alpha value is -5.92. The minimum Gasteiger partial charge on any atom is -0.467 e. The second-order valence-corrected chi connectivity index (χ2v) is 20.2. The van der Waals surface area contributed by atoms with Crippen molar-refractivity contribution in [3.05, 3.63) is 72.1 Å². The van der Waals surface area contributed by atoms with Crippen LogP contribution in [-0.2, 0) is 56.4 Å². The van der Waals surface area contributed by atoms with Gasteiger partial charge >= 0.3 is 24.2 Å². The van der Waals surface area contributed by atoms with Crippen LogP contribution in [0.25, 0.3) is 0 Å². The molecule has 2 saturated carbocycles. The van der Waals surface area contributed by atoms with Crippen molar-refractivity contribution in [3.63, 3.8) is 0 Å². The zero-order valence-corrected chi connectivity index (χ0v) is 39.4. The highest BCUT2D eigenvalue weighted by molar-refractivity contribution is 7.90. The van der Waals surface area contributed by atoms with Crippen molar-refractivity contribution in [2.24, 2.45) is 5.92 Å². The van der Waals surface area contributed by atoms with Gasteiger partial charge in [-0.15, -0.1) is 6.58 Å². The van der Waals surface area contributed by atoms with Gasteiger partial charge in [-0.1, -0.05) is 56.0 Å². The average molecular weight is 955 g/mol. The van der Waals surface area contributed by atoms with Crippen molar-refractivity contribution in [2.45, 2.75) is 151 Å². The van der Waals surface area contributed by atoms with Crippen LogP contribution in [0.1, 0.15) is 109 Å². The predicted molar refractivity (Wildman–Crippen MR) is 242 cm³/mol. The van der Waals surface area contributed by atoms with E-state index >= 15 is 0 Å². The number of benzene rings is 2. The smallest absolute Gasteiger partial charge is 0.411 e. The number of sulfonamides is 1. The monoisotopic (exact) mass is 954 g/mol. The highest BCUT2D eigenvalue weighted by Gasteiger charge is 2.61. The number of rotatable bonds is 19. The summed E-state index contributed by atoms with van der Waals surface area (Å²) < 4.78 is 65.9. The number of hydrogen-bond donors (Lipinski definition) is 4. The Morgan fingerprint density at radius 2 is 1.64 bits per heavy atom. The second-order valence-electron chi connectivity index (χ2n) is 18.6. The first-order chi connectivity index (χ1) is 31.8. The topological polar surface area (TPSA) is 228 Å². The maximum atomic E-state index is 14.4. The molecular weight excluding hydrogens is 892 g/mol. The number of nitrogens with one attached hydrogen (secondary N) is 4. The SMILES string of the molecule is C=C[C@@H]1C[C@]1(NC(=O)C1C[C@@H](OC(=O)N2Cc3cccc(F)c3C2)CN1C(=O)OC(C)(C)C)C(=O)NS(=O)(=O)c1ccccc1NCCCCCCC[C@H](NC(=O)OC1CCCC1)C(=O)OC. The number of unbranched alkanes of at least 4 members (excludes halogenated alkanes) is 4. The zero-order chi connectivity index (χ0) is 48.5. The van der Waals surface area contributed by atoms with Gasteiger partial charge in [-0.25, -0.2) is 36.7 Å². The Kier molecular flexibility index (Phi) is 16.4. The molecule has 0 bridgehead atoms. The number of methoxy groups -OCH3 is 1. The number of likely N-dealkylation sites (tertiary alicyclic amines) is 1. The quantitative estimate of drug-likeness (QED) is 0.0534. The third-order valence-corrected chi connectivity index (χ3v) is 13.8. The van der Waals surface area contributed by atoms with Crippen LogP contribution >= 0.6 is 0 Å². The van der Waals surface area contributed by atoms with Gasteiger partial charge in [0.1, 0.15) is 46.1 Å². The number of carbonyl (C=O) groups is 6. The summed E-state index contributed by atoms with van der Waals surface area (Å²) in [5, 5.41) is 8.48. The van der Waals surface area contributed by atoms with E-state index in [9.17, 15) is 41.6 Å². The molecule has 67 heavy (non-hydrogen) atoms. The fourth-order valence-corrected chi connectivity index (χ4v) is 10.0. The van der Waals surface area contributed by atoms with E-state index in [4.69, 9.17) is 18.9 Å². The lowest BCUT2D eigenvalue weighted by atomic mass is 10.1. The molecule has 4 aliphatic rings. The number of amides is 5. The molecule has 2 aliphatic carbocycles. The standard InChI is InChI=1S/C47H63FN6O12S/c1-6-31-26-47(31,51-40(55)38-25-33(28-54(38)45(60)66-46(2,3)4)65-44(59)53-27-30-17-16-20-35(48)34(30)29-53)42(57)52-67(61,62)39-23-14-13-21-36(39)49-24-15-9-7-8-10-22-37(41(56)63-5)50-43(58)64-32-18-11-12-19-32/h6,13-14,16-17,20-21,23,31-33,37-38,49H,1,7-12,15,18-19,22,24-29H2,2-5H3,(H,50,58)(H,51,55)(H,52,57)/t31-,33-,37+,38?,47-/m1/s1. The molecule has 5 atom stereocenters. The molecule has 1 saturated heterocycles. The molecule has 0 spiro atoms. The fourth-order valence-electron chi connectivity index (χ4n) is 8.79. The second kappa shape index (κ2) is 21.8. The first-order valence-electron chi connectivity index (χ1n) is 22.9. The number of hydrogen-bond acceptors (Lipinski definition) is 13. The van der Waals surface area contributed by atoms with Crippen LogP contribution in [0.15, 0.2) is 60.0 Å².